The first-order valence-corrected chi connectivity index (χ1v) is 5.63. The molecule has 1 amide bonds. The van der Waals surface area contributed by atoms with Gasteiger partial charge in [0.05, 0.1) is 11.9 Å². The molecule has 0 saturated carbocycles. The van der Waals surface area contributed by atoms with Crippen LogP contribution in [0.5, 0.6) is 0 Å². The molecule has 0 unspecified atom stereocenters. The van der Waals surface area contributed by atoms with Crippen LogP contribution in [0.15, 0.2) is 48.8 Å². The number of nitrogens with one attached hydrogen (secondary N) is 1. The van der Waals surface area contributed by atoms with Crippen molar-refractivity contribution in [2.45, 2.75) is 13.5 Å². The topological polar surface area (TPSA) is 51.2 Å². The molecule has 1 N–H and O–H groups in total. The van der Waals surface area contributed by atoms with Gasteiger partial charge in [-0.05, 0) is 24.6 Å². The molecule has 1 aromatic heterocycles. The molecule has 0 aliphatic heterocycles. The predicted octanol–water partition coefficient (Wildman–Crippen LogP) is 3.14. The third-order valence-electron chi connectivity index (χ3n) is 2.40. The molecule has 2 rings (SSSR count). The van der Waals surface area contributed by atoms with E-state index >= 15 is 0 Å². The first-order valence-electron chi connectivity index (χ1n) is 5.63. The normalized spacial score (nSPS) is 9.83. The number of carbonyl (C=O) groups excluding carboxylic acids is 1. The van der Waals surface area contributed by atoms with E-state index in [9.17, 15) is 4.79 Å². The van der Waals surface area contributed by atoms with E-state index < -0.39 is 6.09 Å². The first-order chi connectivity index (χ1) is 8.74. The van der Waals surface area contributed by atoms with Gasteiger partial charge in [-0.1, -0.05) is 29.8 Å². The maximum Gasteiger partial charge on any atom is 0.412 e. The summed E-state index contributed by atoms with van der Waals surface area (Å²) in [6.45, 7) is 2.27. The summed E-state index contributed by atoms with van der Waals surface area (Å²) in [5, 5.41) is 2.60. The SMILES string of the molecule is Cc1ccc(COC(=O)Nc2cccnc2)cc1. The maximum absolute atomic E-state index is 11.5. The summed E-state index contributed by atoms with van der Waals surface area (Å²) in [7, 11) is 0. The minimum Gasteiger partial charge on any atom is -0.444 e. The molecule has 2 aromatic rings. The Morgan fingerprint density at radius 2 is 2.06 bits per heavy atom. The van der Waals surface area contributed by atoms with E-state index in [4.69, 9.17) is 4.74 Å². The molecule has 1 heterocycles. The molecular weight excluding hydrogens is 228 g/mol. The molecule has 0 atom stereocenters. The summed E-state index contributed by atoms with van der Waals surface area (Å²) in [4.78, 5) is 15.4. The van der Waals surface area contributed by atoms with Gasteiger partial charge in [0, 0.05) is 6.20 Å². The fourth-order valence-corrected chi connectivity index (χ4v) is 1.42. The Morgan fingerprint density at radius 3 is 2.72 bits per heavy atom. The number of amides is 1. The van der Waals surface area contributed by atoms with Crippen molar-refractivity contribution >= 4 is 11.8 Å². The number of rotatable bonds is 3. The van der Waals surface area contributed by atoms with Gasteiger partial charge in [0.2, 0.25) is 0 Å². The van der Waals surface area contributed by atoms with Gasteiger partial charge in [0.15, 0.2) is 0 Å². The van der Waals surface area contributed by atoms with Crippen molar-refractivity contribution < 1.29 is 9.53 Å². The number of hydrogen-bond acceptors (Lipinski definition) is 3. The standard InChI is InChI=1S/C14H14N2O2/c1-11-4-6-12(7-5-11)10-18-14(17)16-13-3-2-8-15-9-13/h2-9H,10H2,1H3,(H,16,17). The monoisotopic (exact) mass is 242 g/mol. The van der Waals surface area contributed by atoms with E-state index in [0.29, 0.717) is 5.69 Å². The summed E-state index contributed by atoms with van der Waals surface area (Å²) >= 11 is 0. The van der Waals surface area contributed by atoms with Gasteiger partial charge in [-0.3, -0.25) is 10.3 Å². The number of aromatic nitrogens is 1. The van der Waals surface area contributed by atoms with Crippen molar-refractivity contribution in [3.63, 3.8) is 0 Å². The second-order valence-electron chi connectivity index (χ2n) is 3.93. The van der Waals surface area contributed by atoms with Crippen molar-refractivity contribution in [1.82, 2.24) is 4.98 Å². The van der Waals surface area contributed by atoms with E-state index in [2.05, 4.69) is 10.3 Å². The Balaban J connectivity index is 1.83. The van der Waals surface area contributed by atoms with Crippen LogP contribution in [0.3, 0.4) is 0 Å². The zero-order valence-electron chi connectivity index (χ0n) is 10.1. The largest absolute Gasteiger partial charge is 0.444 e. The average Bonchev–Trinajstić information content (AvgIpc) is 2.39. The fourth-order valence-electron chi connectivity index (χ4n) is 1.42. The van der Waals surface area contributed by atoms with Crippen molar-refractivity contribution in [3.8, 4) is 0 Å². The summed E-state index contributed by atoms with van der Waals surface area (Å²) in [5.41, 5.74) is 2.76. The molecule has 18 heavy (non-hydrogen) atoms. The number of carbonyl (C=O) groups is 1. The highest BCUT2D eigenvalue weighted by atomic mass is 16.5. The third-order valence-corrected chi connectivity index (χ3v) is 2.40. The molecule has 0 aliphatic carbocycles. The van der Waals surface area contributed by atoms with E-state index in [1.807, 2.05) is 31.2 Å². The summed E-state index contributed by atoms with van der Waals surface area (Å²) < 4.78 is 5.09. The average molecular weight is 242 g/mol. The number of anilines is 1. The number of nitrogens with zero attached hydrogens (tertiary/aromatic N) is 1. The van der Waals surface area contributed by atoms with Crippen molar-refractivity contribution in [2.24, 2.45) is 0 Å². The van der Waals surface area contributed by atoms with Crippen molar-refractivity contribution in [1.29, 1.82) is 0 Å². The molecule has 0 spiro atoms. The molecule has 1 aromatic carbocycles. The Labute approximate surface area is 106 Å². The molecule has 0 saturated heterocycles. The Kier molecular flexibility index (Phi) is 3.91. The molecule has 0 radical (unpaired) electrons. The molecule has 0 bridgehead atoms. The quantitative estimate of drug-likeness (QED) is 0.899. The van der Waals surface area contributed by atoms with E-state index in [1.54, 1.807) is 24.5 Å². The number of aryl methyl sites for hydroxylation is 1. The van der Waals surface area contributed by atoms with Gasteiger partial charge in [0.25, 0.3) is 0 Å². The van der Waals surface area contributed by atoms with Gasteiger partial charge in [0.1, 0.15) is 6.61 Å². The van der Waals surface area contributed by atoms with E-state index in [1.165, 1.54) is 5.56 Å². The molecule has 0 aliphatic rings. The predicted molar refractivity (Wildman–Crippen MR) is 69.2 cm³/mol. The minimum atomic E-state index is -0.483. The van der Waals surface area contributed by atoms with Crippen LogP contribution in [0.1, 0.15) is 11.1 Å². The Hall–Kier alpha value is -2.36. The van der Waals surface area contributed by atoms with Gasteiger partial charge in [-0.25, -0.2) is 4.79 Å². The smallest absolute Gasteiger partial charge is 0.412 e. The zero-order valence-corrected chi connectivity index (χ0v) is 10.1. The van der Waals surface area contributed by atoms with Gasteiger partial charge in [-0.15, -0.1) is 0 Å². The number of hydrogen-bond donors (Lipinski definition) is 1. The molecular formula is C14H14N2O2. The lowest BCUT2D eigenvalue weighted by atomic mass is 10.2. The third kappa shape index (κ3) is 3.59. The van der Waals surface area contributed by atoms with E-state index in [0.717, 1.165) is 5.56 Å². The second-order valence-corrected chi connectivity index (χ2v) is 3.93. The van der Waals surface area contributed by atoms with Crippen LogP contribution in [-0.2, 0) is 11.3 Å². The zero-order chi connectivity index (χ0) is 12.8. The summed E-state index contributed by atoms with van der Waals surface area (Å²) in [6.07, 6.45) is 2.72. The van der Waals surface area contributed by atoms with Crippen LogP contribution >= 0.6 is 0 Å². The molecule has 4 nitrogen and oxygen atoms in total. The Morgan fingerprint density at radius 1 is 1.28 bits per heavy atom. The van der Waals surface area contributed by atoms with Crippen LogP contribution < -0.4 is 5.32 Å². The van der Waals surface area contributed by atoms with Gasteiger partial charge in [-0.2, -0.15) is 0 Å². The fraction of sp³-hybridized carbons (Fsp3) is 0.143. The summed E-state index contributed by atoms with van der Waals surface area (Å²) in [5.74, 6) is 0. The second kappa shape index (κ2) is 5.82. The van der Waals surface area contributed by atoms with Crippen molar-refractivity contribution in [2.75, 3.05) is 5.32 Å². The van der Waals surface area contributed by atoms with Crippen LogP contribution in [-0.4, -0.2) is 11.1 Å². The highest BCUT2D eigenvalue weighted by molar-refractivity contribution is 5.84. The number of ether oxygens (including phenoxy) is 1. The lowest BCUT2D eigenvalue weighted by Gasteiger charge is -2.06. The van der Waals surface area contributed by atoms with Gasteiger partial charge < -0.3 is 4.74 Å². The Bertz CT molecular complexity index is 509. The number of benzene rings is 1. The van der Waals surface area contributed by atoms with Crippen molar-refractivity contribution in [3.05, 3.63) is 59.9 Å². The van der Waals surface area contributed by atoms with Crippen LogP contribution in [0.2, 0.25) is 0 Å². The van der Waals surface area contributed by atoms with E-state index in [-0.39, 0.29) is 6.61 Å². The maximum atomic E-state index is 11.5. The highest BCUT2D eigenvalue weighted by Gasteiger charge is 2.03. The lowest BCUT2D eigenvalue weighted by Crippen LogP contribution is -2.13. The molecule has 92 valence electrons. The number of pyridine rings is 1. The van der Waals surface area contributed by atoms with Crippen LogP contribution in [0.4, 0.5) is 10.5 Å². The summed E-state index contributed by atoms with van der Waals surface area (Å²) in [6, 6.07) is 11.3. The molecule has 4 heteroatoms. The minimum absolute atomic E-state index is 0.256. The molecule has 0 fully saturated rings. The highest BCUT2D eigenvalue weighted by Crippen LogP contribution is 2.07. The first kappa shape index (κ1) is 12.1. The lowest BCUT2D eigenvalue weighted by molar-refractivity contribution is 0.155. The van der Waals surface area contributed by atoms with Crippen LogP contribution in [0.25, 0.3) is 0 Å². The van der Waals surface area contributed by atoms with Crippen LogP contribution in [0, 0.1) is 6.92 Å². The van der Waals surface area contributed by atoms with Gasteiger partial charge >= 0.3 is 6.09 Å².